The van der Waals surface area contributed by atoms with Crippen LogP contribution in [-0.2, 0) is 4.79 Å². The molecular formula is C17H22N2O2. The van der Waals surface area contributed by atoms with E-state index in [2.05, 4.69) is 5.32 Å². The van der Waals surface area contributed by atoms with Gasteiger partial charge < -0.3 is 16.2 Å². The minimum atomic E-state index is -0.624. The van der Waals surface area contributed by atoms with E-state index < -0.39 is 5.41 Å². The van der Waals surface area contributed by atoms with Gasteiger partial charge in [-0.05, 0) is 26.2 Å². The smallest absolute Gasteiger partial charge is 0.224 e. The second kappa shape index (κ2) is 5.74. The zero-order valence-corrected chi connectivity index (χ0v) is 12.7. The number of hydrogen-bond donors (Lipinski definition) is 3. The summed E-state index contributed by atoms with van der Waals surface area (Å²) >= 11 is 0. The normalized spacial score (nSPS) is 13.3. The van der Waals surface area contributed by atoms with Crippen molar-refractivity contribution in [1.82, 2.24) is 5.32 Å². The van der Waals surface area contributed by atoms with Crippen molar-refractivity contribution in [1.29, 1.82) is 0 Å². The predicted molar refractivity (Wildman–Crippen MR) is 85.0 cm³/mol. The van der Waals surface area contributed by atoms with Crippen molar-refractivity contribution >= 4 is 16.7 Å². The molecular weight excluding hydrogens is 264 g/mol. The van der Waals surface area contributed by atoms with Crippen molar-refractivity contribution in [2.24, 2.45) is 11.1 Å². The van der Waals surface area contributed by atoms with Crippen molar-refractivity contribution in [3.63, 3.8) is 0 Å². The van der Waals surface area contributed by atoms with E-state index in [1.165, 1.54) is 0 Å². The van der Waals surface area contributed by atoms with E-state index in [9.17, 15) is 9.90 Å². The summed E-state index contributed by atoms with van der Waals surface area (Å²) in [6.07, 6.45) is 0. The summed E-state index contributed by atoms with van der Waals surface area (Å²) < 4.78 is 0. The highest BCUT2D eigenvalue weighted by molar-refractivity contribution is 5.89. The number of phenolic OH excluding ortho intramolecular Hbond substituents is 1. The number of amides is 1. The molecule has 2 rings (SSSR count). The molecule has 2 aromatic carbocycles. The van der Waals surface area contributed by atoms with Crippen LogP contribution in [0.1, 0.15) is 32.4 Å². The molecule has 0 saturated carbocycles. The lowest BCUT2D eigenvalue weighted by Crippen LogP contribution is -2.41. The van der Waals surface area contributed by atoms with Crippen LogP contribution in [0, 0.1) is 5.41 Å². The predicted octanol–water partition coefficient (Wildman–Crippen LogP) is 2.71. The molecule has 0 spiro atoms. The quantitative estimate of drug-likeness (QED) is 0.791. The molecule has 0 bridgehead atoms. The average molecular weight is 286 g/mol. The number of fused-ring (bicyclic) bond motifs is 1. The molecule has 0 heterocycles. The summed E-state index contributed by atoms with van der Waals surface area (Å²) in [5.41, 5.74) is 5.56. The standard InChI is InChI=1S/C17H22N2O2/c1-11(19-10-17(2,3)16(18)21)13-9-8-12-6-4-5-7-14(12)15(13)20/h4-9,11,19-20H,10H2,1-3H3,(H2,18,21). The number of hydrogen-bond acceptors (Lipinski definition) is 3. The number of phenols is 1. The summed E-state index contributed by atoms with van der Waals surface area (Å²) in [4.78, 5) is 11.3. The van der Waals surface area contributed by atoms with Gasteiger partial charge in [0.05, 0.1) is 5.41 Å². The highest BCUT2D eigenvalue weighted by Crippen LogP contribution is 2.32. The molecule has 0 aliphatic heterocycles. The Balaban J connectivity index is 2.22. The maximum absolute atomic E-state index is 11.3. The maximum Gasteiger partial charge on any atom is 0.224 e. The van der Waals surface area contributed by atoms with E-state index in [4.69, 9.17) is 5.73 Å². The summed E-state index contributed by atoms with van der Waals surface area (Å²) in [6.45, 7) is 6.02. The van der Waals surface area contributed by atoms with Gasteiger partial charge in [-0.2, -0.15) is 0 Å². The second-order valence-electron chi connectivity index (χ2n) is 6.08. The molecule has 0 radical (unpaired) electrons. The maximum atomic E-state index is 11.3. The van der Waals surface area contributed by atoms with E-state index >= 15 is 0 Å². The summed E-state index contributed by atoms with van der Waals surface area (Å²) in [5.74, 6) is -0.0603. The molecule has 1 unspecified atom stereocenters. The van der Waals surface area contributed by atoms with Crippen LogP contribution < -0.4 is 11.1 Å². The van der Waals surface area contributed by atoms with E-state index in [1.54, 1.807) is 13.8 Å². The first-order chi connectivity index (χ1) is 9.83. The molecule has 1 amide bonds. The fraction of sp³-hybridized carbons (Fsp3) is 0.353. The van der Waals surface area contributed by atoms with Crippen LogP contribution in [0.4, 0.5) is 0 Å². The van der Waals surface area contributed by atoms with Gasteiger partial charge in [0.15, 0.2) is 0 Å². The number of rotatable bonds is 5. The van der Waals surface area contributed by atoms with Gasteiger partial charge in [0, 0.05) is 23.5 Å². The lowest BCUT2D eigenvalue weighted by Gasteiger charge is -2.24. The molecule has 4 N–H and O–H groups in total. The van der Waals surface area contributed by atoms with E-state index in [0.29, 0.717) is 6.54 Å². The Bertz CT molecular complexity index is 665. The zero-order valence-electron chi connectivity index (χ0n) is 12.7. The second-order valence-corrected chi connectivity index (χ2v) is 6.08. The van der Waals surface area contributed by atoms with Gasteiger partial charge in [0.25, 0.3) is 0 Å². The number of benzene rings is 2. The van der Waals surface area contributed by atoms with Crippen molar-refractivity contribution < 1.29 is 9.90 Å². The van der Waals surface area contributed by atoms with Crippen LogP contribution in [0.15, 0.2) is 36.4 Å². The van der Waals surface area contributed by atoms with Gasteiger partial charge in [0.1, 0.15) is 5.75 Å². The van der Waals surface area contributed by atoms with Crippen molar-refractivity contribution in [3.8, 4) is 5.75 Å². The molecule has 2 aromatic rings. The summed E-state index contributed by atoms with van der Waals surface area (Å²) in [6, 6.07) is 11.5. The highest BCUT2D eigenvalue weighted by Gasteiger charge is 2.25. The molecule has 0 aromatic heterocycles. The minimum absolute atomic E-state index is 0.0757. The van der Waals surface area contributed by atoms with Crippen molar-refractivity contribution in [3.05, 3.63) is 42.0 Å². The van der Waals surface area contributed by atoms with Crippen LogP contribution in [0.5, 0.6) is 5.75 Å². The number of carbonyl (C=O) groups is 1. The topological polar surface area (TPSA) is 75.3 Å². The number of carbonyl (C=O) groups excluding carboxylic acids is 1. The molecule has 0 aliphatic rings. The zero-order chi connectivity index (χ0) is 15.6. The van der Waals surface area contributed by atoms with Crippen molar-refractivity contribution in [2.45, 2.75) is 26.8 Å². The molecule has 21 heavy (non-hydrogen) atoms. The fourth-order valence-corrected chi connectivity index (χ4v) is 2.23. The van der Waals surface area contributed by atoms with Crippen LogP contribution in [0.2, 0.25) is 0 Å². The van der Waals surface area contributed by atoms with Gasteiger partial charge in [0.2, 0.25) is 5.91 Å². The van der Waals surface area contributed by atoms with Gasteiger partial charge in [-0.1, -0.05) is 36.4 Å². The first kappa shape index (κ1) is 15.3. The lowest BCUT2D eigenvalue weighted by atomic mass is 9.92. The Labute approximate surface area is 125 Å². The van der Waals surface area contributed by atoms with Gasteiger partial charge in [-0.15, -0.1) is 0 Å². The number of nitrogens with one attached hydrogen (secondary N) is 1. The molecule has 0 fully saturated rings. The van der Waals surface area contributed by atoms with Crippen LogP contribution >= 0.6 is 0 Å². The Morgan fingerprint density at radius 1 is 1.29 bits per heavy atom. The van der Waals surface area contributed by atoms with Crippen LogP contribution in [0.25, 0.3) is 10.8 Å². The molecule has 1 atom stereocenters. The highest BCUT2D eigenvalue weighted by atomic mass is 16.3. The minimum Gasteiger partial charge on any atom is -0.507 e. The number of aromatic hydroxyl groups is 1. The Hall–Kier alpha value is -2.07. The SMILES string of the molecule is CC(NCC(C)(C)C(N)=O)c1ccc2ccccc2c1O. The number of primary amides is 1. The molecule has 0 aliphatic carbocycles. The largest absolute Gasteiger partial charge is 0.507 e. The van der Waals surface area contributed by atoms with E-state index in [0.717, 1.165) is 16.3 Å². The first-order valence-electron chi connectivity index (χ1n) is 7.07. The third kappa shape index (κ3) is 3.16. The van der Waals surface area contributed by atoms with Crippen LogP contribution in [-0.4, -0.2) is 17.6 Å². The first-order valence-corrected chi connectivity index (χ1v) is 7.07. The molecule has 4 nitrogen and oxygen atoms in total. The Morgan fingerprint density at radius 2 is 1.95 bits per heavy atom. The number of nitrogens with two attached hydrogens (primary N) is 1. The lowest BCUT2D eigenvalue weighted by molar-refractivity contribution is -0.125. The summed E-state index contributed by atoms with van der Waals surface area (Å²) in [5, 5.41) is 15.5. The van der Waals surface area contributed by atoms with Gasteiger partial charge in [-0.25, -0.2) is 0 Å². The van der Waals surface area contributed by atoms with E-state index in [1.807, 2.05) is 43.3 Å². The third-order valence-corrected chi connectivity index (χ3v) is 3.92. The van der Waals surface area contributed by atoms with Crippen LogP contribution in [0.3, 0.4) is 0 Å². The van der Waals surface area contributed by atoms with Gasteiger partial charge >= 0.3 is 0 Å². The third-order valence-electron chi connectivity index (χ3n) is 3.92. The average Bonchev–Trinajstić information content (AvgIpc) is 2.45. The monoisotopic (exact) mass is 286 g/mol. The fourth-order valence-electron chi connectivity index (χ4n) is 2.23. The molecule has 0 saturated heterocycles. The van der Waals surface area contributed by atoms with E-state index in [-0.39, 0.29) is 17.7 Å². The van der Waals surface area contributed by atoms with Gasteiger partial charge in [-0.3, -0.25) is 4.79 Å². The molecule has 112 valence electrons. The Kier molecular flexibility index (Phi) is 4.19. The van der Waals surface area contributed by atoms with Crippen molar-refractivity contribution in [2.75, 3.05) is 6.54 Å². The summed E-state index contributed by atoms with van der Waals surface area (Å²) in [7, 11) is 0. The molecule has 4 heteroatoms. The Morgan fingerprint density at radius 3 is 2.62 bits per heavy atom.